The molecule has 0 spiro atoms. The predicted octanol–water partition coefficient (Wildman–Crippen LogP) is 0.0115. The highest BCUT2D eigenvalue weighted by atomic mass is 16.5. The van der Waals surface area contributed by atoms with E-state index in [1.807, 2.05) is 0 Å². The van der Waals surface area contributed by atoms with Gasteiger partial charge in [0.05, 0.1) is 12.6 Å². The Morgan fingerprint density at radius 3 is 2.60 bits per heavy atom. The van der Waals surface area contributed by atoms with Crippen molar-refractivity contribution in [3.8, 4) is 0 Å². The molecule has 114 valence electrons. The molecule has 2 saturated heterocycles. The van der Waals surface area contributed by atoms with Crippen LogP contribution in [0.2, 0.25) is 0 Å². The summed E-state index contributed by atoms with van der Waals surface area (Å²) in [6.07, 6.45) is 5.30. The predicted molar refractivity (Wildman–Crippen MR) is 75.0 cm³/mol. The maximum Gasteiger partial charge on any atom is 0.237 e. The van der Waals surface area contributed by atoms with Gasteiger partial charge >= 0.3 is 0 Å². The highest BCUT2D eigenvalue weighted by Crippen LogP contribution is 2.19. The zero-order valence-corrected chi connectivity index (χ0v) is 12.0. The van der Waals surface area contributed by atoms with Crippen molar-refractivity contribution < 1.29 is 14.3 Å². The third-order valence-corrected chi connectivity index (χ3v) is 4.10. The number of carbonyl (C=O) groups is 2. The minimum absolute atomic E-state index is 0.0335. The second-order valence-corrected chi connectivity index (χ2v) is 5.64. The van der Waals surface area contributed by atoms with Gasteiger partial charge in [-0.05, 0) is 45.2 Å². The van der Waals surface area contributed by atoms with Crippen molar-refractivity contribution in [2.45, 2.75) is 50.7 Å². The topological polar surface area (TPSA) is 84.7 Å². The lowest BCUT2D eigenvalue weighted by Gasteiger charge is -2.34. The molecule has 0 aliphatic carbocycles. The number of hydrogen-bond donors (Lipinski definition) is 2. The van der Waals surface area contributed by atoms with Crippen LogP contribution in [-0.2, 0) is 14.3 Å². The number of carbonyl (C=O) groups excluding carboxylic acids is 2. The van der Waals surface area contributed by atoms with Crippen molar-refractivity contribution in [2.24, 2.45) is 5.73 Å². The Morgan fingerprint density at radius 1 is 1.25 bits per heavy atom. The largest absolute Gasteiger partial charge is 0.378 e. The number of amides is 2. The average molecular weight is 283 g/mol. The third-order valence-electron chi connectivity index (χ3n) is 4.10. The minimum Gasteiger partial charge on any atom is -0.378 e. The molecule has 1 atom stereocenters. The number of hydrogen-bond acceptors (Lipinski definition) is 4. The SMILES string of the molecule is NC(=O)CN(C(=O)CCC1CCCO1)C1CCNCC1. The van der Waals surface area contributed by atoms with Gasteiger partial charge in [-0.2, -0.15) is 0 Å². The Bertz CT molecular complexity index is 337. The average Bonchev–Trinajstić information content (AvgIpc) is 2.96. The van der Waals surface area contributed by atoms with Crippen molar-refractivity contribution in [3.05, 3.63) is 0 Å². The van der Waals surface area contributed by atoms with Gasteiger partial charge in [0, 0.05) is 19.1 Å². The van der Waals surface area contributed by atoms with Gasteiger partial charge < -0.3 is 20.7 Å². The summed E-state index contributed by atoms with van der Waals surface area (Å²) >= 11 is 0. The standard InChI is InChI=1S/C14H25N3O3/c15-13(18)10-17(11-5-7-16-8-6-11)14(19)4-3-12-2-1-9-20-12/h11-12,16H,1-10H2,(H2,15,18). The molecule has 3 N–H and O–H groups in total. The van der Waals surface area contributed by atoms with E-state index in [0.29, 0.717) is 6.42 Å². The first-order valence-corrected chi connectivity index (χ1v) is 7.57. The lowest BCUT2D eigenvalue weighted by Crippen LogP contribution is -2.49. The smallest absolute Gasteiger partial charge is 0.237 e. The monoisotopic (exact) mass is 283 g/mol. The van der Waals surface area contributed by atoms with Crippen LogP contribution in [0.4, 0.5) is 0 Å². The lowest BCUT2D eigenvalue weighted by molar-refractivity contribution is -0.138. The number of nitrogens with one attached hydrogen (secondary N) is 1. The van der Waals surface area contributed by atoms with E-state index in [-0.39, 0.29) is 24.6 Å². The number of nitrogens with zero attached hydrogens (tertiary/aromatic N) is 1. The van der Waals surface area contributed by atoms with Crippen LogP contribution >= 0.6 is 0 Å². The second kappa shape index (κ2) is 7.59. The van der Waals surface area contributed by atoms with Crippen LogP contribution < -0.4 is 11.1 Å². The Balaban J connectivity index is 1.86. The van der Waals surface area contributed by atoms with E-state index in [1.165, 1.54) is 0 Å². The number of ether oxygens (including phenoxy) is 1. The first kappa shape index (κ1) is 15.3. The van der Waals surface area contributed by atoms with Crippen LogP contribution in [0, 0.1) is 0 Å². The molecule has 6 heteroatoms. The van der Waals surface area contributed by atoms with Gasteiger partial charge in [-0.1, -0.05) is 0 Å². The first-order valence-electron chi connectivity index (χ1n) is 7.57. The Labute approximate surface area is 120 Å². The van der Waals surface area contributed by atoms with Crippen molar-refractivity contribution >= 4 is 11.8 Å². The summed E-state index contributed by atoms with van der Waals surface area (Å²) in [5.41, 5.74) is 5.28. The summed E-state index contributed by atoms with van der Waals surface area (Å²) in [7, 11) is 0. The summed E-state index contributed by atoms with van der Waals surface area (Å²) in [4.78, 5) is 25.3. The molecule has 2 fully saturated rings. The highest BCUT2D eigenvalue weighted by molar-refractivity contribution is 5.84. The quantitative estimate of drug-likeness (QED) is 0.719. The van der Waals surface area contributed by atoms with Crippen LogP contribution in [0.25, 0.3) is 0 Å². The number of piperidine rings is 1. The van der Waals surface area contributed by atoms with Crippen LogP contribution in [0.1, 0.15) is 38.5 Å². The zero-order chi connectivity index (χ0) is 14.4. The van der Waals surface area contributed by atoms with Crippen LogP contribution in [-0.4, -0.2) is 55.1 Å². The van der Waals surface area contributed by atoms with E-state index < -0.39 is 5.91 Å². The first-order chi connectivity index (χ1) is 9.66. The molecule has 1 unspecified atom stereocenters. The number of primary amides is 1. The molecular weight excluding hydrogens is 258 g/mol. The molecule has 2 aliphatic heterocycles. The molecular formula is C14H25N3O3. The lowest BCUT2D eigenvalue weighted by atomic mass is 10.0. The van der Waals surface area contributed by atoms with Crippen LogP contribution in [0.15, 0.2) is 0 Å². The zero-order valence-electron chi connectivity index (χ0n) is 12.0. The van der Waals surface area contributed by atoms with Crippen LogP contribution in [0.3, 0.4) is 0 Å². The molecule has 0 saturated carbocycles. The van der Waals surface area contributed by atoms with Gasteiger partial charge in [0.2, 0.25) is 11.8 Å². The highest BCUT2D eigenvalue weighted by Gasteiger charge is 2.27. The second-order valence-electron chi connectivity index (χ2n) is 5.64. The summed E-state index contributed by atoms with van der Waals surface area (Å²) in [5.74, 6) is -0.403. The molecule has 0 radical (unpaired) electrons. The van der Waals surface area contributed by atoms with Crippen LogP contribution in [0.5, 0.6) is 0 Å². The molecule has 2 heterocycles. The van der Waals surface area contributed by atoms with Crippen molar-refractivity contribution in [1.82, 2.24) is 10.2 Å². The summed E-state index contributed by atoms with van der Waals surface area (Å²) in [5, 5.41) is 3.26. The van der Waals surface area contributed by atoms with Gasteiger partial charge in [-0.3, -0.25) is 9.59 Å². The Kier molecular flexibility index (Phi) is 5.79. The third kappa shape index (κ3) is 4.45. The Hall–Kier alpha value is -1.14. The minimum atomic E-state index is -0.436. The molecule has 0 aromatic heterocycles. The van der Waals surface area contributed by atoms with Crippen molar-refractivity contribution in [3.63, 3.8) is 0 Å². The van der Waals surface area contributed by atoms with Gasteiger partial charge in [0.15, 0.2) is 0 Å². The van der Waals surface area contributed by atoms with E-state index in [4.69, 9.17) is 10.5 Å². The molecule has 2 aliphatic rings. The molecule has 20 heavy (non-hydrogen) atoms. The molecule has 0 aromatic carbocycles. The number of nitrogens with two attached hydrogens (primary N) is 1. The Morgan fingerprint density at radius 2 is 2.00 bits per heavy atom. The van der Waals surface area contributed by atoms with E-state index in [9.17, 15) is 9.59 Å². The van der Waals surface area contributed by atoms with Gasteiger partial charge in [0.1, 0.15) is 0 Å². The normalized spacial score (nSPS) is 23.7. The fourth-order valence-corrected chi connectivity index (χ4v) is 3.01. The maximum absolute atomic E-state index is 12.4. The summed E-state index contributed by atoms with van der Waals surface area (Å²) in [6.45, 7) is 2.62. The molecule has 2 amide bonds. The van der Waals surface area contributed by atoms with Gasteiger partial charge in [-0.25, -0.2) is 0 Å². The summed E-state index contributed by atoms with van der Waals surface area (Å²) < 4.78 is 5.54. The maximum atomic E-state index is 12.4. The molecule has 2 rings (SSSR count). The fourth-order valence-electron chi connectivity index (χ4n) is 3.01. The fraction of sp³-hybridized carbons (Fsp3) is 0.857. The van der Waals surface area contributed by atoms with E-state index in [0.717, 1.165) is 51.8 Å². The molecule has 0 aromatic rings. The van der Waals surface area contributed by atoms with Crippen molar-refractivity contribution in [1.29, 1.82) is 0 Å². The van der Waals surface area contributed by atoms with Gasteiger partial charge in [-0.15, -0.1) is 0 Å². The van der Waals surface area contributed by atoms with E-state index in [1.54, 1.807) is 4.90 Å². The van der Waals surface area contributed by atoms with Gasteiger partial charge in [0.25, 0.3) is 0 Å². The van der Waals surface area contributed by atoms with E-state index in [2.05, 4.69) is 5.32 Å². The van der Waals surface area contributed by atoms with Crippen molar-refractivity contribution in [2.75, 3.05) is 26.2 Å². The van der Waals surface area contributed by atoms with E-state index >= 15 is 0 Å². The summed E-state index contributed by atoms with van der Waals surface area (Å²) in [6, 6.07) is 0.140. The molecule has 6 nitrogen and oxygen atoms in total. The number of rotatable bonds is 6. The molecule has 0 bridgehead atoms.